The molecule has 0 aromatic heterocycles. The smallest absolute Gasteiger partial charge is 0.409 e. The number of halogens is 2. The predicted molar refractivity (Wildman–Crippen MR) is 110 cm³/mol. The normalized spacial score (nSPS) is 23.5. The quantitative estimate of drug-likeness (QED) is 0.739. The third-order valence-electron chi connectivity index (χ3n) is 6.49. The van der Waals surface area contributed by atoms with Gasteiger partial charge in [0.05, 0.1) is 6.54 Å². The monoisotopic (exact) mass is 413 g/mol. The number of fused-ring (bicyclic) bond motifs is 3. The van der Waals surface area contributed by atoms with Gasteiger partial charge in [-0.15, -0.1) is 0 Å². The van der Waals surface area contributed by atoms with E-state index in [4.69, 9.17) is 4.74 Å². The fourth-order valence-electron chi connectivity index (χ4n) is 5.09. The maximum atomic E-state index is 14.1. The fraction of sp³-hybridized carbons (Fsp3) is 0.435. The van der Waals surface area contributed by atoms with E-state index in [0.29, 0.717) is 19.7 Å². The Bertz CT molecular complexity index is 937. The summed E-state index contributed by atoms with van der Waals surface area (Å²) in [6, 6.07) is 11.8. The Morgan fingerprint density at radius 2 is 1.80 bits per heavy atom. The van der Waals surface area contributed by atoms with E-state index in [2.05, 4.69) is 9.80 Å². The number of piperidine rings is 1. The highest BCUT2D eigenvalue weighted by atomic mass is 19.1. The number of likely N-dealkylation sites (tertiary alicyclic amines) is 1. The Kier molecular flexibility index (Phi) is 5.06. The number of carbonyl (C=O) groups is 1. The third-order valence-corrected chi connectivity index (χ3v) is 6.49. The summed E-state index contributed by atoms with van der Waals surface area (Å²) in [7, 11) is 0. The maximum absolute atomic E-state index is 14.1. The van der Waals surface area contributed by atoms with E-state index in [1.54, 1.807) is 23.1 Å². The van der Waals surface area contributed by atoms with Gasteiger partial charge >= 0.3 is 6.09 Å². The molecule has 0 saturated carbocycles. The van der Waals surface area contributed by atoms with Crippen LogP contribution in [-0.2, 0) is 4.74 Å². The van der Waals surface area contributed by atoms with Gasteiger partial charge in [0.2, 0.25) is 0 Å². The van der Waals surface area contributed by atoms with Gasteiger partial charge in [-0.1, -0.05) is 0 Å². The molecule has 2 fully saturated rings. The van der Waals surface area contributed by atoms with Crippen LogP contribution in [0.3, 0.4) is 0 Å². The van der Waals surface area contributed by atoms with Crippen molar-refractivity contribution in [1.82, 2.24) is 9.80 Å². The molecule has 3 heterocycles. The summed E-state index contributed by atoms with van der Waals surface area (Å²) in [5.41, 5.74) is 2.98. The summed E-state index contributed by atoms with van der Waals surface area (Å²) >= 11 is 0. The molecule has 2 saturated heterocycles. The van der Waals surface area contributed by atoms with Gasteiger partial charge in [0.15, 0.2) is 0 Å². The molecule has 3 aliphatic heterocycles. The lowest BCUT2D eigenvalue weighted by atomic mass is 9.89. The molecule has 0 bridgehead atoms. The Balaban J connectivity index is 1.32. The van der Waals surface area contributed by atoms with Gasteiger partial charge in [0.25, 0.3) is 0 Å². The van der Waals surface area contributed by atoms with Crippen molar-refractivity contribution >= 4 is 17.5 Å². The average molecular weight is 413 g/mol. The number of amides is 1. The zero-order chi connectivity index (χ0) is 20.7. The first-order valence-electron chi connectivity index (χ1n) is 10.6. The lowest BCUT2D eigenvalue weighted by molar-refractivity contribution is 0.154. The molecular formula is C23H25F2N3O2. The number of benzene rings is 2. The van der Waals surface area contributed by atoms with Crippen molar-refractivity contribution in [2.45, 2.75) is 24.8 Å². The van der Waals surface area contributed by atoms with Gasteiger partial charge in [-0.25, -0.2) is 13.6 Å². The van der Waals surface area contributed by atoms with Gasteiger partial charge in [0, 0.05) is 43.0 Å². The van der Waals surface area contributed by atoms with Crippen molar-refractivity contribution in [3.8, 4) is 0 Å². The molecular weight excluding hydrogens is 388 g/mol. The molecule has 1 amide bonds. The first kappa shape index (κ1) is 19.3. The number of ether oxygens (including phenoxy) is 1. The Morgan fingerprint density at radius 1 is 1.00 bits per heavy atom. The second kappa shape index (κ2) is 7.87. The van der Waals surface area contributed by atoms with E-state index in [1.807, 2.05) is 6.07 Å². The molecule has 0 unspecified atom stereocenters. The molecule has 158 valence electrons. The molecule has 5 nitrogen and oxygen atoms in total. The van der Waals surface area contributed by atoms with Crippen LogP contribution >= 0.6 is 0 Å². The summed E-state index contributed by atoms with van der Waals surface area (Å²) < 4.78 is 32.5. The second-order valence-electron chi connectivity index (χ2n) is 8.27. The number of hydrogen-bond acceptors (Lipinski definition) is 4. The Labute approximate surface area is 174 Å². The van der Waals surface area contributed by atoms with Crippen LogP contribution < -0.4 is 4.90 Å². The van der Waals surface area contributed by atoms with Crippen molar-refractivity contribution < 1.29 is 18.3 Å². The molecule has 2 atom stereocenters. The van der Waals surface area contributed by atoms with Gasteiger partial charge in [-0.3, -0.25) is 0 Å². The van der Waals surface area contributed by atoms with E-state index in [0.717, 1.165) is 49.4 Å². The Hall–Kier alpha value is -2.67. The standard InChI is InChI=1S/C23H25F2N3O2/c24-16-2-5-18(6-3-16)28-21-7-4-17(25)14-19(21)20-15-26(11-8-22(20)28)9-1-10-27-12-13-30-23(27)29/h2-7,14,20,22H,1,8-13,15H2/t20-,22+/m0/s1. The van der Waals surface area contributed by atoms with E-state index in [-0.39, 0.29) is 29.7 Å². The summed E-state index contributed by atoms with van der Waals surface area (Å²) in [6.45, 7) is 4.55. The molecule has 30 heavy (non-hydrogen) atoms. The van der Waals surface area contributed by atoms with Crippen molar-refractivity contribution in [1.29, 1.82) is 0 Å². The zero-order valence-electron chi connectivity index (χ0n) is 16.8. The zero-order valence-corrected chi connectivity index (χ0v) is 16.8. The van der Waals surface area contributed by atoms with Crippen molar-refractivity contribution in [2.75, 3.05) is 44.2 Å². The largest absolute Gasteiger partial charge is 0.448 e. The average Bonchev–Trinajstić information content (AvgIpc) is 3.29. The highest BCUT2D eigenvalue weighted by Gasteiger charge is 2.42. The predicted octanol–water partition coefficient (Wildman–Crippen LogP) is 4.12. The summed E-state index contributed by atoms with van der Waals surface area (Å²) in [5.74, 6) is -0.282. The highest BCUT2D eigenvalue weighted by molar-refractivity contribution is 5.73. The van der Waals surface area contributed by atoms with E-state index in [9.17, 15) is 13.6 Å². The van der Waals surface area contributed by atoms with Crippen LogP contribution in [0, 0.1) is 11.6 Å². The molecule has 0 aliphatic carbocycles. The van der Waals surface area contributed by atoms with Crippen molar-refractivity contribution in [2.24, 2.45) is 0 Å². The minimum atomic E-state index is -0.259. The van der Waals surface area contributed by atoms with Crippen LogP contribution in [0.15, 0.2) is 42.5 Å². The van der Waals surface area contributed by atoms with E-state index in [1.165, 1.54) is 18.2 Å². The maximum Gasteiger partial charge on any atom is 0.409 e. The van der Waals surface area contributed by atoms with Gasteiger partial charge in [-0.2, -0.15) is 0 Å². The van der Waals surface area contributed by atoms with Crippen LogP contribution in [0.1, 0.15) is 24.3 Å². The number of anilines is 2. The van der Waals surface area contributed by atoms with Crippen LogP contribution in [0.2, 0.25) is 0 Å². The topological polar surface area (TPSA) is 36.0 Å². The first-order chi connectivity index (χ1) is 14.6. The summed E-state index contributed by atoms with van der Waals surface area (Å²) in [4.78, 5) is 18.0. The van der Waals surface area contributed by atoms with E-state index < -0.39 is 0 Å². The van der Waals surface area contributed by atoms with Crippen molar-refractivity contribution in [3.63, 3.8) is 0 Å². The number of carbonyl (C=O) groups excluding carboxylic acids is 1. The van der Waals surface area contributed by atoms with Crippen LogP contribution in [0.25, 0.3) is 0 Å². The minimum Gasteiger partial charge on any atom is -0.448 e. The number of rotatable bonds is 5. The lowest BCUT2D eigenvalue weighted by Gasteiger charge is -2.39. The van der Waals surface area contributed by atoms with Crippen LogP contribution in [-0.4, -0.2) is 61.3 Å². The van der Waals surface area contributed by atoms with Crippen LogP contribution in [0.5, 0.6) is 0 Å². The van der Waals surface area contributed by atoms with E-state index >= 15 is 0 Å². The molecule has 0 N–H and O–H groups in total. The first-order valence-corrected chi connectivity index (χ1v) is 10.6. The van der Waals surface area contributed by atoms with Crippen molar-refractivity contribution in [3.05, 3.63) is 59.7 Å². The molecule has 5 rings (SSSR count). The van der Waals surface area contributed by atoms with Gasteiger partial charge < -0.3 is 19.4 Å². The molecule has 7 heteroatoms. The highest BCUT2D eigenvalue weighted by Crippen LogP contribution is 2.48. The van der Waals surface area contributed by atoms with Gasteiger partial charge in [0.1, 0.15) is 18.2 Å². The molecule has 0 radical (unpaired) electrons. The number of hydrogen-bond donors (Lipinski definition) is 0. The summed E-state index contributed by atoms with van der Waals surface area (Å²) in [5, 5.41) is 0. The number of nitrogens with zero attached hydrogens (tertiary/aromatic N) is 3. The molecule has 2 aromatic rings. The lowest BCUT2D eigenvalue weighted by Crippen LogP contribution is -2.45. The molecule has 0 spiro atoms. The SMILES string of the molecule is O=C1OCCN1CCCN1CC[C@@H]2[C@@H](C1)c1cc(F)ccc1N2c1ccc(F)cc1. The second-order valence-corrected chi connectivity index (χ2v) is 8.27. The minimum absolute atomic E-state index is 0.200. The number of cyclic esters (lactones) is 1. The summed E-state index contributed by atoms with van der Waals surface area (Å²) in [6.07, 6.45) is 1.62. The third kappa shape index (κ3) is 3.51. The Morgan fingerprint density at radius 3 is 2.57 bits per heavy atom. The molecule has 2 aromatic carbocycles. The van der Waals surface area contributed by atoms with Crippen LogP contribution in [0.4, 0.5) is 25.0 Å². The fourth-order valence-corrected chi connectivity index (χ4v) is 5.09. The molecule has 3 aliphatic rings. The van der Waals surface area contributed by atoms with Gasteiger partial charge in [-0.05, 0) is 67.4 Å².